The standard InChI is InChI=1S/C15H25N3O3S2.ClH/c1-2-16-8-9-17-14(19)12-13-6-7-15(22-13)23(20,21)18-10-4-3-5-11-18;/h6-7,16H,2-5,8-12H2,1H3,(H,17,19);1H. The molecule has 2 N–H and O–H groups in total. The molecule has 0 unspecified atom stereocenters. The van der Waals surface area contributed by atoms with Crippen molar-refractivity contribution in [3.8, 4) is 0 Å². The van der Waals surface area contributed by atoms with Gasteiger partial charge in [0.2, 0.25) is 5.91 Å². The number of sulfonamides is 1. The van der Waals surface area contributed by atoms with Crippen molar-refractivity contribution in [3.05, 3.63) is 17.0 Å². The summed E-state index contributed by atoms with van der Waals surface area (Å²) in [6.45, 7) is 5.40. The van der Waals surface area contributed by atoms with Gasteiger partial charge in [0.1, 0.15) is 4.21 Å². The monoisotopic (exact) mass is 395 g/mol. The van der Waals surface area contributed by atoms with Crippen molar-refractivity contribution in [1.82, 2.24) is 14.9 Å². The van der Waals surface area contributed by atoms with E-state index < -0.39 is 10.0 Å². The lowest BCUT2D eigenvalue weighted by molar-refractivity contribution is -0.120. The topological polar surface area (TPSA) is 78.5 Å². The number of piperidine rings is 1. The minimum Gasteiger partial charge on any atom is -0.355 e. The second-order valence-electron chi connectivity index (χ2n) is 5.57. The van der Waals surface area contributed by atoms with Gasteiger partial charge < -0.3 is 10.6 Å². The molecule has 0 saturated carbocycles. The van der Waals surface area contributed by atoms with E-state index in [1.54, 1.807) is 16.4 Å². The fourth-order valence-corrected chi connectivity index (χ4v) is 5.54. The van der Waals surface area contributed by atoms with Crippen LogP contribution >= 0.6 is 23.7 Å². The molecular formula is C15H26ClN3O3S2. The van der Waals surface area contributed by atoms with E-state index in [4.69, 9.17) is 0 Å². The van der Waals surface area contributed by atoms with Crippen molar-refractivity contribution in [2.24, 2.45) is 0 Å². The van der Waals surface area contributed by atoms with Gasteiger partial charge in [0.15, 0.2) is 0 Å². The van der Waals surface area contributed by atoms with E-state index in [1.165, 1.54) is 11.3 Å². The second-order valence-corrected chi connectivity index (χ2v) is 8.90. The SMILES string of the molecule is CCNCCNC(=O)Cc1ccc(S(=O)(=O)N2CCCCC2)s1.Cl. The zero-order valence-corrected chi connectivity index (χ0v) is 16.4. The number of hydrogen-bond donors (Lipinski definition) is 2. The second kappa shape index (κ2) is 10.4. The minimum atomic E-state index is -3.39. The van der Waals surface area contributed by atoms with Crippen molar-refractivity contribution >= 4 is 39.7 Å². The van der Waals surface area contributed by atoms with E-state index in [-0.39, 0.29) is 24.7 Å². The Labute approximate surface area is 154 Å². The van der Waals surface area contributed by atoms with Crippen molar-refractivity contribution in [3.63, 3.8) is 0 Å². The summed E-state index contributed by atoms with van der Waals surface area (Å²) >= 11 is 1.20. The molecule has 2 rings (SSSR count). The number of halogens is 1. The maximum absolute atomic E-state index is 12.6. The van der Waals surface area contributed by atoms with Crippen LogP contribution < -0.4 is 10.6 Å². The number of thiophene rings is 1. The maximum atomic E-state index is 12.6. The molecule has 0 spiro atoms. The van der Waals surface area contributed by atoms with E-state index in [9.17, 15) is 13.2 Å². The van der Waals surface area contributed by atoms with Crippen LogP contribution in [-0.4, -0.2) is 51.4 Å². The number of carbonyl (C=O) groups is 1. The Kier molecular flexibility index (Phi) is 9.22. The molecule has 24 heavy (non-hydrogen) atoms. The summed E-state index contributed by atoms with van der Waals surface area (Å²) in [5, 5.41) is 5.95. The summed E-state index contributed by atoms with van der Waals surface area (Å²) in [6, 6.07) is 3.36. The molecule has 0 aromatic carbocycles. The summed E-state index contributed by atoms with van der Waals surface area (Å²) in [4.78, 5) is 12.6. The van der Waals surface area contributed by atoms with E-state index >= 15 is 0 Å². The minimum absolute atomic E-state index is 0. The highest BCUT2D eigenvalue weighted by Crippen LogP contribution is 2.27. The van der Waals surface area contributed by atoms with E-state index in [1.807, 2.05) is 6.92 Å². The van der Waals surface area contributed by atoms with Gasteiger partial charge in [-0.05, 0) is 31.5 Å². The van der Waals surface area contributed by atoms with Crippen LogP contribution in [0.15, 0.2) is 16.3 Å². The Morgan fingerprint density at radius 2 is 1.92 bits per heavy atom. The van der Waals surface area contributed by atoms with E-state index in [0.717, 1.165) is 37.2 Å². The van der Waals surface area contributed by atoms with Crippen LogP contribution in [-0.2, 0) is 21.2 Å². The molecule has 0 bridgehead atoms. The summed E-state index contributed by atoms with van der Waals surface area (Å²) in [7, 11) is -3.39. The zero-order valence-electron chi connectivity index (χ0n) is 13.9. The Bertz CT molecular complexity index is 613. The molecule has 1 aromatic heterocycles. The van der Waals surface area contributed by atoms with Crippen LogP contribution in [0.4, 0.5) is 0 Å². The highest BCUT2D eigenvalue weighted by Gasteiger charge is 2.27. The average Bonchev–Trinajstić information content (AvgIpc) is 3.02. The maximum Gasteiger partial charge on any atom is 0.252 e. The summed E-state index contributed by atoms with van der Waals surface area (Å²) in [5.74, 6) is -0.0772. The van der Waals surface area contributed by atoms with Crippen LogP contribution in [0.5, 0.6) is 0 Å². The van der Waals surface area contributed by atoms with Gasteiger partial charge in [-0.1, -0.05) is 13.3 Å². The lowest BCUT2D eigenvalue weighted by atomic mass is 10.2. The molecule has 1 fully saturated rings. The zero-order chi connectivity index (χ0) is 16.7. The number of hydrogen-bond acceptors (Lipinski definition) is 5. The first-order valence-electron chi connectivity index (χ1n) is 8.10. The first-order valence-corrected chi connectivity index (χ1v) is 10.4. The van der Waals surface area contributed by atoms with Crippen molar-refractivity contribution < 1.29 is 13.2 Å². The first-order chi connectivity index (χ1) is 11.0. The number of amides is 1. The quantitative estimate of drug-likeness (QED) is 0.655. The number of nitrogens with zero attached hydrogens (tertiary/aromatic N) is 1. The molecule has 1 aromatic rings. The van der Waals surface area contributed by atoms with Gasteiger partial charge in [-0.3, -0.25) is 4.79 Å². The molecule has 0 atom stereocenters. The van der Waals surface area contributed by atoms with Crippen molar-refractivity contribution in [2.75, 3.05) is 32.7 Å². The van der Waals surface area contributed by atoms with E-state index in [2.05, 4.69) is 10.6 Å². The number of nitrogens with one attached hydrogen (secondary N) is 2. The van der Waals surface area contributed by atoms with Gasteiger partial charge in [0, 0.05) is 31.1 Å². The molecule has 2 heterocycles. The molecule has 1 aliphatic rings. The highest BCUT2D eigenvalue weighted by atomic mass is 35.5. The van der Waals surface area contributed by atoms with E-state index in [0.29, 0.717) is 23.8 Å². The largest absolute Gasteiger partial charge is 0.355 e. The third kappa shape index (κ3) is 6.00. The van der Waals surface area contributed by atoms with Gasteiger partial charge in [0.05, 0.1) is 6.42 Å². The molecular weight excluding hydrogens is 370 g/mol. The van der Waals surface area contributed by atoms with Crippen LogP contribution in [0, 0.1) is 0 Å². The van der Waals surface area contributed by atoms with Gasteiger partial charge in [-0.25, -0.2) is 8.42 Å². The van der Waals surface area contributed by atoms with Gasteiger partial charge in [-0.15, -0.1) is 23.7 Å². The third-order valence-corrected chi connectivity index (χ3v) is 7.21. The fourth-order valence-electron chi connectivity index (χ4n) is 2.51. The molecule has 1 saturated heterocycles. The fraction of sp³-hybridized carbons (Fsp3) is 0.667. The molecule has 1 aliphatic heterocycles. The smallest absolute Gasteiger partial charge is 0.252 e. The number of likely N-dealkylation sites (N-methyl/N-ethyl adjacent to an activating group) is 1. The number of rotatable bonds is 8. The molecule has 138 valence electrons. The van der Waals surface area contributed by atoms with Gasteiger partial charge >= 0.3 is 0 Å². The Hall–Kier alpha value is -0.670. The van der Waals surface area contributed by atoms with Gasteiger partial charge in [-0.2, -0.15) is 4.31 Å². The summed E-state index contributed by atoms with van der Waals surface area (Å²) in [5.41, 5.74) is 0. The summed E-state index contributed by atoms with van der Waals surface area (Å²) < 4.78 is 27.0. The number of carbonyl (C=O) groups excluding carboxylic acids is 1. The van der Waals surface area contributed by atoms with Crippen LogP contribution in [0.25, 0.3) is 0 Å². The molecule has 0 aliphatic carbocycles. The average molecular weight is 396 g/mol. The molecule has 1 amide bonds. The molecule has 9 heteroatoms. The van der Waals surface area contributed by atoms with Crippen molar-refractivity contribution in [2.45, 2.75) is 36.8 Å². The van der Waals surface area contributed by atoms with Crippen LogP contribution in [0.1, 0.15) is 31.1 Å². The third-order valence-electron chi connectivity index (χ3n) is 3.75. The normalized spacial score (nSPS) is 15.7. The molecule has 6 nitrogen and oxygen atoms in total. The van der Waals surface area contributed by atoms with Crippen LogP contribution in [0.2, 0.25) is 0 Å². The van der Waals surface area contributed by atoms with Gasteiger partial charge in [0.25, 0.3) is 10.0 Å². The Balaban J connectivity index is 0.00000288. The predicted octanol–water partition coefficient (Wildman–Crippen LogP) is 1.61. The van der Waals surface area contributed by atoms with Crippen molar-refractivity contribution in [1.29, 1.82) is 0 Å². The lowest BCUT2D eigenvalue weighted by Gasteiger charge is -2.25. The Morgan fingerprint density at radius 1 is 1.21 bits per heavy atom. The highest BCUT2D eigenvalue weighted by molar-refractivity contribution is 7.91. The first kappa shape index (κ1) is 21.4. The summed E-state index contributed by atoms with van der Waals surface area (Å²) in [6.07, 6.45) is 3.17. The Morgan fingerprint density at radius 3 is 2.58 bits per heavy atom. The lowest BCUT2D eigenvalue weighted by Crippen LogP contribution is -2.35. The molecule has 0 radical (unpaired) electrons. The van der Waals surface area contributed by atoms with Crippen LogP contribution in [0.3, 0.4) is 0 Å². The predicted molar refractivity (Wildman–Crippen MR) is 99.4 cm³/mol.